The highest BCUT2D eigenvalue weighted by molar-refractivity contribution is 5.80. The van der Waals surface area contributed by atoms with Gasteiger partial charge in [-0.1, -0.05) is 24.6 Å². The van der Waals surface area contributed by atoms with Crippen LogP contribution in [0.1, 0.15) is 37.7 Å². The molecule has 0 fully saturated rings. The normalized spacial score (nSPS) is 10.3. The van der Waals surface area contributed by atoms with Gasteiger partial charge in [-0.15, -0.1) is 0 Å². The SMILES string of the molecule is O=C(O)CCCCCC(=O)Cc1ccccc1F. The molecule has 0 atom stereocenters. The molecule has 0 aliphatic carbocycles. The van der Waals surface area contributed by atoms with E-state index in [1.165, 1.54) is 6.07 Å². The predicted octanol–water partition coefficient (Wildman–Crippen LogP) is 2.97. The van der Waals surface area contributed by atoms with E-state index < -0.39 is 5.97 Å². The number of aliphatic carboxylic acids is 1. The molecule has 1 rings (SSSR count). The highest BCUT2D eigenvalue weighted by Gasteiger charge is 2.07. The number of carboxylic acids is 1. The minimum atomic E-state index is -0.812. The van der Waals surface area contributed by atoms with Crippen LogP contribution < -0.4 is 0 Å². The number of halogens is 1. The molecule has 0 spiro atoms. The van der Waals surface area contributed by atoms with E-state index in [4.69, 9.17) is 5.11 Å². The van der Waals surface area contributed by atoms with Crippen LogP contribution in [0.4, 0.5) is 4.39 Å². The lowest BCUT2D eigenvalue weighted by molar-refractivity contribution is -0.137. The molecule has 0 radical (unpaired) electrons. The summed E-state index contributed by atoms with van der Waals surface area (Å²) >= 11 is 0. The molecule has 0 amide bonds. The first kappa shape index (κ1) is 14.4. The van der Waals surface area contributed by atoms with Crippen LogP contribution in [0.5, 0.6) is 0 Å². The standard InChI is InChI=1S/C14H17FO3/c15-13-8-5-4-6-11(13)10-12(16)7-2-1-3-9-14(17)18/h4-6,8H,1-3,7,9-10H2,(H,17,18). The van der Waals surface area contributed by atoms with Crippen molar-refractivity contribution >= 4 is 11.8 Å². The minimum absolute atomic E-state index is 0.00424. The van der Waals surface area contributed by atoms with Crippen molar-refractivity contribution < 1.29 is 19.1 Å². The topological polar surface area (TPSA) is 54.4 Å². The fourth-order valence-electron chi connectivity index (χ4n) is 1.72. The summed E-state index contributed by atoms with van der Waals surface area (Å²) in [5.41, 5.74) is 0.424. The molecule has 18 heavy (non-hydrogen) atoms. The van der Waals surface area contributed by atoms with Gasteiger partial charge in [0, 0.05) is 19.3 Å². The number of benzene rings is 1. The largest absolute Gasteiger partial charge is 0.481 e. The number of rotatable bonds is 8. The van der Waals surface area contributed by atoms with Crippen molar-refractivity contribution in [2.24, 2.45) is 0 Å². The number of hydrogen-bond donors (Lipinski definition) is 1. The zero-order valence-electron chi connectivity index (χ0n) is 10.2. The summed E-state index contributed by atoms with van der Waals surface area (Å²) in [6.45, 7) is 0. The molecule has 0 aliphatic rings. The van der Waals surface area contributed by atoms with Crippen LogP contribution in [0, 0.1) is 5.82 Å². The molecule has 1 N–H and O–H groups in total. The van der Waals surface area contributed by atoms with Crippen LogP contribution in [0.15, 0.2) is 24.3 Å². The van der Waals surface area contributed by atoms with Gasteiger partial charge < -0.3 is 5.11 Å². The van der Waals surface area contributed by atoms with E-state index in [0.29, 0.717) is 24.8 Å². The first-order valence-corrected chi connectivity index (χ1v) is 6.06. The molecular weight excluding hydrogens is 235 g/mol. The Kier molecular flexibility index (Phi) is 6.05. The van der Waals surface area contributed by atoms with Crippen LogP contribution in [0.3, 0.4) is 0 Å². The van der Waals surface area contributed by atoms with Crippen LogP contribution >= 0.6 is 0 Å². The maximum absolute atomic E-state index is 13.3. The number of Topliss-reactive ketones (excluding diaryl/α,β-unsaturated/α-hetero) is 1. The average Bonchev–Trinajstić information content (AvgIpc) is 2.31. The molecule has 1 aromatic rings. The van der Waals surface area contributed by atoms with Gasteiger partial charge in [0.1, 0.15) is 11.6 Å². The molecule has 4 heteroatoms. The van der Waals surface area contributed by atoms with Crippen LogP contribution in [-0.2, 0) is 16.0 Å². The van der Waals surface area contributed by atoms with E-state index in [1.807, 2.05) is 0 Å². The molecule has 0 aromatic heterocycles. The highest BCUT2D eigenvalue weighted by Crippen LogP contribution is 2.10. The zero-order valence-corrected chi connectivity index (χ0v) is 10.2. The zero-order chi connectivity index (χ0) is 13.4. The van der Waals surface area contributed by atoms with Crippen molar-refractivity contribution in [1.29, 1.82) is 0 Å². The van der Waals surface area contributed by atoms with E-state index in [0.717, 1.165) is 6.42 Å². The summed E-state index contributed by atoms with van der Waals surface area (Å²) in [5.74, 6) is -1.17. The predicted molar refractivity (Wildman–Crippen MR) is 65.8 cm³/mol. The second-order valence-electron chi connectivity index (χ2n) is 4.26. The number of carbonyl (C=O) groups excluding carboxylic acids is 1. The van der Waals surface area contributed by atoms with Crippen molar-refractivity contribution in [2.45, 2.75) is 38.5 Å². The van der Waals surface area contributed by atoms with Crippen molar-refractivity contribution in [3.05, 3.63) is 35.6 Å². The number of ketones is 1. The Labute approximate surface area is 106 Å². The van der Waals surface area contributed by atoms with E-state index >= 15 is 0 Å². The van der Waals surface area contributed by atoms with Gasteiger partial charge in [0.2, 0.25) is 0 Å². The first-order chi connectivity index (χ1) is 8.59. The Balaban J connectivity index is 2.22. The summed E-state index contributed by atoms with van der Waals surface area (Å²) in [6.07, 6.45) is 2.61. The first-order valence-electron chi connectivity index (χ1n) is 6.06. The quantitative estimate of drug-likeness (QED) is 0.724. The van der Waals surface area contributed by atoms with Crippen molar-refractivity contribution in [2.75, 3.05) is 0 Å². The van der Waals surface area contributed by atoms with Crippen LogP contribution in [0.25, 0.3) is 0 Å². The van der Waals surface area contributed by atoms with Gasteiger partial charge in [-0.3, -0.25) is 9.59 Å². The molecule has 0 saturated carbocycles. The Bertz CT molecular complexity index is 415. The molecule has 0 bridgehead atoms. The Morgan fingerprint density at radius 1 is 1.06 bits per heavy atom. The summed E-state index contributed by atoms with van der Waals surface area (Å²) < 4.78 is 13.3. The maximum Gasteiger partial charge on any atom is 0.303 e. The molecule has 0 unspecified atom stereocenters. The summed E-state index contributed by atoms with van der Waals surface area (Å²) in [6, 6.07) is 6.25. The van der Waals surface area contributed by atoms with Gasteiger partial charge in [-0.05, 0) is 24.5 Å². The van der Waals surface area contributed by atoms with E-state index in [2.05, 4.69) is 0 Å². The second kappa shape index (κ2) is 7.58. The van der Waals surface area contributed by atoms with Gasteiger partial charge in [0.15, 0.2) is 0 Å². The molecule has 0 aliphatic heterocycles. The van der Waals surface area contributed by atoms with Gasteiger partial charge >= 0.3 is 5.97 Å². The Morgan fingerprint density at radius 3 is 2.39 bits per heavy atom. The summed E-state index contributed by atoms with van der Waals surface area (Å²) in [7, 11) is 0. The lowest BCUT2D eigenvalue weighted by atomic mass is 10.0. The second-order valence-corrected chi connectivity index (χ2v) is 4.26. The monoisotopic (exact) mass is 252 g/mol. The average molecular weight is 252 g/mol. The molecule has 0 saturated heterocycles. The number of unbranched alkanes of at least 4 members (excludes halogenated alkanes) is 2. The number of carbonyl (C=O) groups is 2. The third-order valence-electron chi connectivity index (χ3n) is 2.69. The van der Waals surface area contributed by atoms with E-state index in [9.17, 15) is 14.0 Å². The fraction of sp³-hybridized carbons (Fsp3) is 0.429. The molecular formula is C14H17FO3. The fourth-order valence-corrected chi connectivity index (χ4v) is 1.72. The smallest absolute Gasteiger partial charge is 0.303 e. The molecule has 98 valence electrons. The molecule has 0 heterocycles. The van der Waals surface area contributed by atoms with Crippen LogP contribution in [0.2, 0.25) is 0 Å². The Morgan fingerprint density at radius 2 is 1.72 bits per heavy atom. The van der Waals surface area contributed by atoms with E-state index in [-0.39, 0.29) is 24.4 Å². The van der Waals surface area contributed by atoms with Gasteiger partial charge in [-0.25, -0.2) is 4.39 Å². The van der Waals surface area contributed by atoms with E-state index in [1.54, 1.807) is 18.2 Å². The lowest BCUT2D eigenvalue weighted by Gasteiger charge is -2.02. The highest BCUT2D eigenvalue weighted by atomic mass is 19.1. The summed E-state index contributed by atoms with van der Waals surface area (Å²) in [5, 5.41) is 8.44. The van der Waals surface area contributed by atoms with Crippen molar-refractivity contribution in [1.82, 2.24) is 0 Å². The third kappa shape index (κ3) is 5.57. The Hall–Kier alpha value is -1.71. The molecule has 1 aromatic carbocycles. The minimum Gasteiger partial charge on any atom is -0.481 e. The third-order valence-corrected chi connectivity index (χ3v) is 2.69. The maximum atomic E-state index is 13.3. The lowest BCUT2D eigenvalue weighted by Crippen LogP contribution is -2.04. The van der Waals surface area contributed by atoms with Gasteiger partial charge in [0.05, 0.1) is 0 Å². The van der Waals surface area contributed by atoms with Gasteiger partial charge in [0.25, 0.3) is 0 Å². The van der Waals surface area contributed by atoms with Crippen LogP contribution in [-0.4, -0.2) is 16.9 Å². The number of hydrogen-bond acceptors (Lipinski definition) is 2. The van der Waals surface area contributed by atoms with Gasteiger partial charge in [-0.2, -0.15) is 0 Å². The molecule has 3 nitrogen and oxygen atoms in total. The summed E-state index contributed by atoms with van der Waals surface area (Å²) in [4.78, 5) is 21.8. The van der Waals surface area contributed by atoms with Crippen molar-refractivity contribution in [3.8, 4) is 0 Å². The van der Waals surface area contributed by atoms with Crippen molar-refractivity contribution in [3.63, 3.8) is 0 Å². The number of carboxylic acid groups (broad SMARTS) is 1.